The molecule has 2 amide bonds. The third-order valence-electron chi connectivity index (χ3n) is 4.70. The Hall–Kier alpha value is -2.71. The number of rotatable bonds is 6. The van der Waals surface area contributed by atoms with Gasteiger partial charge in [-0.3, -0.25) is 9.59 Å². The van der Waals surface area contributed by atoms with Crippen molar-refractivity contribution in [1.29, 1.82) is 0 Å². The van der Waals surface area contributed by atoms with E-state index >= 15 is 0 Å². The van der Waals surface area contributed by atoms with E-state index in [9.17, 15) is 18.0 Å². The number of fused-ring (bicyclic) bond motifs is 1. The van der Waals surface area contributed by atoms with E-state index in [1.165, 1.54) is 12.1 Å². The maximum absolute atomic E-state index is 12.5. The zero-order valence-electron chi connectivity index (χ0n) is 17.4. The van der Waals surface area contributed by atoms with Crippen LogP contribution in [0.4, 0.5) is 11.4 Å². The smallest absolute Gasteiger partial charge is 0.241 e. The largest absolute Gasteiger partial charge is 0.326 e. The molecule has 1 aliphatic rings. The monoisotopic (exact) mass is 429 g/mol. The molecule has 7 nitrogen and oxygen atoms in total. The SMILES string of the molecule is CC(C)(C)NS(=O)(=O)c1cccc(NC(=O)CCC2Cc3ccccc3NC2=O)c1. The molecule has 1 atom stereocenters. The molecule has 2 aromatic rings. The summed E-state index contributed by atoms with van der Waals surface area (Å²) in [6, 6.07) is 13.8. The van der Waals surface area contributed by atoms with Crippen LogP contribution >= 0.6 is 0 Å². The summed E-state index contributed by atoms with van der Waals surface area (Å²) in [7, 11) is -3.70. The molecule has 1 unspecified atom stereocenters. The Morgan fingerprint density at radius 2 is 1.87 bits per heavy atom. The molecular formula is C22H27N3O4S. The average Bonchev–Trinajstić information content (AvgIpc) is 2.64. The molecule has 2 aromatic carbocycles. The Labute approximate surface area is 177 Å². The summed E-state index contributed by atoms with van der Waals surface area (Å²) in [4.78, 5) is 24.8. The Balaban J connectivity index is 1.60. The zero-order valence-corrected chi connectivity index (χ0v) is 18.2. The van der Waals surface area contributed by atoms with Gasteiger partial charge >= 0.3 is 0 Å². The van der Waals surface area contributed by atoms with Gasteiger partial charge in [-0.2, -0.15) is 0 Å². The maximum atomic E-state index is 12.5. The molecule has 30 heavy (non-hydrogen) atoms. The van der Waals surface area contributed by atoms with Crippen molar-refractivity contribution in [2.45, 2.75) is 50.5 Å². The number of benzene rings is 2. The number of anilines is 2. The quantitative estimate of drug-likeness (QED) is 0.655. The van der Waals surface area contributed by atoms with Gasteiger partial charge in [0.2, 0.25) is 21.8 Å². The minimum Gasteiger partial charge on any atom is -0.326 e. The number of nitrogens with one attached hydrogen (secondary N) is 3. The van der Waals surface area contributed by atoms with Crippen molar-refractivity contribution >= 4 is 33.2 Å². The maximum Gasteiger partial charge on any atom is 0.241 e. The highest BCUT2D eigenvalue weighted by molar-refractivity contribution is 7.89. The number of carbonyl (C=O) groups is 2. The minimum atomic E-state index is -3.70. The predicted octanol–water partition coefficient (Wildman–Crippen LogP) is 3.29. The summed E-state index contributed by atoms with van der Waals surface area (Å²) in [6.45, 7) is 5.28. The third-order valence-corrected chi connectivity index (χ3v) is 6.46. The van der Waals surface area contributed by atoms with Gasteiger partial charge < -0.3 is 10.6 Å². The molecule has 1 heterocycles. The highest BCUT2D eigenvalue weighted by atomic mass is 32.2. The summed E-state index contributed by atoms with van der Waals surface area (Å²) < 4.78 is 27.6. The van der Waals surface area contributed by atoms with Crippen LogP contribution < -0.4 is 15.4 Å². The molecular weight excluding hydrogens is 402 g/mol. The number of sulfonamides is 1. The fourth-order valence-electron chi connectivity index (χ4n) is 3.38. The van der Waals surface area contributed by atoms with Gasteiger partial charge in [-0.15, -0.1) is 0 Å². The minimum absolute atomic E-state index is 0.0807. The van der Waals surface area contributed by atoms with E-state index in [1.807, 2.05) is 24.3 Å². The normalized spacial score (nSPS) is 16.5. The summed E-state index contributed by atoms with van der Waals surface area (Å²) in [6.07, 6.45) is 1.18. The second kappa shape index (κ2) is 8.57. The van der Waals surface area contributed by atoms with E-state index < -0.39 is 15.6 Å². The number of carbonyl (C=O) groups excluding carboxylic acids is 2. The molecule has 3 N–H and O–H groups in total. The fourth-order valence-corrected chi connectivity index (χ4v) is 4.84. The second-order valence-electron chi connectivity index (χ2n) is 8.52. The van der Waals surface area contributed by atoms with E-state index in [0.717, 1.165) is 11.3 Å². The van der Waals surface area contributed by atoms with Gasteiger partial charge in [0.1, 0.15) is 0 Å². The molecule has 0 saturated carbocycles. The van der Waals surface area contributed by atoms with E-state index in [4.69, 9.17) is 0 Å². The lowest BCUT2D eigenvalue weighted by molar-refractivity contribution is -0.121. The Morgan fingerprint density at radius 1 is 1.13 bits per heavy atom. The molecule has 0 fully saturated rings. The molecule has 3 rings (SSSR count). The van der Waals surface area contributed by atoms with Crippen molar-refractivity contribution in [1.82, 2.24) is 4.72 Å². The lowest BCUT2D eigenvalue weighted by atomic mass is 9.89. The number of amides is 2. The van der Waals surface area contributed by atoms with Gasteiger partial charge in [0.15, 0.2) is 0 Å². The van der Waals surface area contributed by atoms with E-state index in [0.29, 0.717) is 18.5 Å². The van der Waals surface area contributed by atoms with Crippen molar-refractivity contribution < 1.29 is 18.0 Å². The van der Waals surface area contributed by atoms with Crippen molar-refractivity contribution in [2.24, 2.45) is 5.92 Å². The first-order valence-electron chi connectivity index (χ1n) is 9.86. The molecule has 8 heteroatoms. The molecule has 160 valence electrons. The van der Waals surface area contributed by atoms with Crippen LogP contribution in [0, 0.1) is 5.92 Å². The fraction of sp³-hybridized carbons (Fsp3) is 0.364. The molecule has 0 radical (unpaired) electrons. The van der Waals surface area contributed by atoms with E-state index in [1.54, 1.807) is 32.9 Å². The topological polar surface area (TPSA) is 104 Å². The van der Waals surface area contributed by atoms with E-state index in [-0.39, 0.29) is 29.0 Å². The van der Waals surface area contributed by atoms with Crippen LogP contribution in [0.25, 0.3) is 0 Å². The van der Waals surface area contributed by atoms with Gasteiger partial charge in [0, 0.05) is 29.3 Å². The molecule has 0 aliphatic carbocycles. The summed E-state index contributed by atoms with van der Waals surface area (Å²) in [5, 5.41) is 5.61. The number of para-hydroxylation sites is 1. The van der Waals surface area contributed by atoms with Gasteiger partial charge in [0.05, 0.1) is 4.90 Å². The first kappa shape index (κ1) is 22.0. The standard InChI is InChI=1S/C22H27N3O4S/c1-22(2,3)25-30(28,29)18-9-6-8-17(14-18)23-20(26)12-11-16-13-15-7-4-5-10-19(15)24-21(16)27/h4-10,14,16,25H,11-13H2,1-3H3,(H,23,26)(H,24,27). The van der Waals surface area contributed by atoms with Crippen LogP contribution in [0.3, 0.4) is 0 Å². The van der Waals surface area contributed by atoms with Crippen molar-refractivity contribution in [3.8, 4) is 0 Å². The average molecular weight is 430 g/mol. The highest BCUT2D eigenvalue weighted by Gasteiger charge is 2.26. The molecule has 1 aliphatic heterocycles. The Morgan fingerprint density at radius 3 is 2.60 bits per heavy atom. The summed E-state index contributed by atoms with van der Waals surface area (Å²) in [5.74, 6) is -0.615. The van der Waals surface area contributed by atoms with Crippen LogP contribution in [0.5, 0.6) is 0 Å². The Bertz CT molecular complexity index is 1060. The number of hydrogen-bond acceptors (Lipinski definition) is 4. The molecule has 0 saturated heterocycles. The predicted molar refractivity (Wildman–Crippen MR) is 117 cm³/mol. The van der Waals surface area contributed by atoms with Gasteiger partial charge in [0.25, 0.3) is 0 Å². The third kappa shape index (κ3) is 5.67. The summed E-state index contributed by atoms with van der Waals surface area (Å²) in [5.41, 5.74) is 1.67. The van der Waals surface area contributed by atoms with Crippen LogP contribution in [0.2, 0.25) is 0 Å². The number of hydrogen-bond donors (Lipinski definition) is 3. The molecule has 0 bridgehead atoms. The first-order valence-corrected chi connectivity index (χ1v) is 11.3. The summed E-state index contributed by atoms with van der Waals surface area (Å²) >= 11 is 0. The van der Waals surface area contributed by atoms with Crippen molar-refractivity contribution in [2.75, 3.05) is 10.6 Å². The first-order chi connectivity index (χ1) is 14.0. The highest BCUT2D eigenvalue weighted by Crippen LogP contribution is 2.27. The van der Waals surface area contributed by atoms with Gasteiger partial charge in [-0.05, 0) is 63.4 Å². The molecule has 0 spiro atoms. The van der Waals surface area contributed by atoms with Crippen LogP contribution in [-0.4, -0.2) is 25.8 Å². The van der Waals surface area contributed by atoms with Crippen LogP contribution in [-0.2, 0) is 26.0 Å². The molecule has 0 aromatic heterocycles. The lowest BCUT2D eigenvalue weighted by Gasteiger charge is -2.24. The zero-order chi connectivity index (χ0) is 21.9. The van der Waals surface area contributed by atoms with Crippen molar-refractivity contribution in [3.63, 3.8) is 0 Å². The lowest BCUT2D eigenvalue weighted by Crippen LogP contribution is -2.40. The Kier molecular flexibility index (Phi) is 6.28. The van der Waals surface area contributed by atoms with Crippen LogP contribution in [0.15, 0.2) is 53.4 Å². The van der Waals surface area contributed by atoms with Gasteiger partial charge in [-0.1, -0.05) is 24.3 Å². The van der Waals surface area contributed by atoms with E-state index in [2.05, 4.69) is 15.4 Å². The van der Waals surface area contributed by atoms with Crippen molar-refractivity contribution in [3.05, 3.63) is 54.1 Å². The van der Waals surface area contributed by atoms with Crippen LogP contribution in [0.1, 0.15) is 39.2 Å². The van der Waals surface area contributed by atoms with Gasteiger partial charge in [-0.25, -0.2) is 13.1 Å². The second-order valence-corrected chi connectivity index (χ2v) is 10.2.